The number of piperidine rings is 1. The van der Waals surface area contributed by atoms with Crippen molar-refractivity contribution in [1.29, 1.82) is 0 Å². The predicted octanol–water partition coefficient (Wildman–Crippen LogP) is 2.91. The number of hydrogen-bond donors (Lipinski definition) is 1. The summed E-state index contributed by atoms with van der Waals surface area (Å²) in [6, 6.07) is 5.43. The third kappa shape index (κ3) is 2.23. The van der Waals surface area contributed by atoms with E-state index < -0.39 is 5.97 Å². The van der Waals surface area contributed by atoms with E-state index in [1.807, 2.05) is 6.07 Å². The Labute approximate surface area is 111 Å². The molecule has 3 rings (SSSR count). The first kappa shape index (κ1) is 12.2. The van der Waals surface area contributed by atoms with Gasteiger partial charge in [-0.3, -0.25) is 0 Å². The Morgan fingerprint density at radius 2 is 2.26 bits per heavy atom. The first-order valence-electron chi connectivity index (χ1n) is 6.61. The van der Waals surface area contributed by atoms with Crippen molar-refractivity contribution in [2.75, 3.05) is 11.4 Å². The standard InChI is InChI=1S/C15H16FNO2/c16-13-2-1-3-14(12(13)6-7-15(18)19)17-9-10-4-5-11(17)8-10/h1-3,6-7,10-11H,4-5,8-9H2,(H,18,19)/b7-6+. The summed E-state index contributed by atoms with van der Waals surface area (Å²) in [5.74, 6) is -0.709. The first-order valence-corrected chi connectivity index (χ1v) is 6.61. The van der Waals surface area contributed by atoms with Crippen molar-refractivity contribution >= 4 is 17.7 Å². The van der Waals surface area contributed by atoms with E-state index in [1.54, 1.807) is 6.07 Å². The van der Waals surface area contributed by atoms with Gasteiger partial charge in [0.2, 0.25) is 0 Å². The third-order valence-electron chi connectivity index (χ3n) is 4.14. The summed E-state index contributed by atoms with van der Waals surface area (Å²) in [5.41, 5.74) is 1.21. The van der Waals surface area contributed by atoms with Gasteiger partial charge in [0, 0.05) is 29.9 Å². The fraction of sp³-hybridized carbons (Fsp3) is 0.400. The van der Waals surface area contributed by atoms with Crippen molar-refractivity contribution in [3.8, 4) is 0 Å². The number of rotatable bonds is 3. The van der Waals surface area contributed by atoms with Crippen LogP contribution in [0.25, 0.3) is 6.08 Å². The maximum atomic E-state index is 13.9. The number of benzene rings is 1. The monoisotopic (exact) mass is 261 g/mol. The van der Waals surface area contributed by atoms with Crippen LogP contribution in [0, 0.1) is 11.7 Å². The van der Waals surface area contributed by atoms with Crippen molar-refractivity contribution in [1.82, 2.24) is 0 Å². The minimum Gasteiger partial charge on any atom is -0.478 e. The molecule has 0 spiro atoms. The molecule has 0 radical (unpaired) electrons. The van der Waals surface area contributed by atoms with Crippen LogP contribution in [0.1, 0.15) is 24.8 Å². The van der Waals surface area contributed by atoms with Gasteiger partial charge in [0.1, 0.15) is 5.82 Å². The fourth-order valence-corrected chi connectivity index (χ4v) is 3.32. The summed E-state index contributed by atoms with van der Waals surface area (Å²) >= 11 is 0. The Morgan fingerprint density at radius 1 is 1.42 bits per heavy atom. The van der Waals surface area contributed by atoms with Crippen LogP contribution in [-0.4, -0.2) is 23.7 Å². The van der Waals surface area contributed by atoms with Crippen LogP contribution in [0.5, 0.6) is 0 Å². The van der Waals surface area contributed by atoms with E-state index in [0.717, 1.165) is 24.7 Å². The molecule has 1 saturated carbocycles. The van der Waals surface area contributed by atoms with Gasteiger partial charge in [-0.05, 0) is 43.4 Å². The molecule has 3 nitrogen and oxygen atoms in total. The minimum absolute atomic E-state index is 0.363. The van der Waals surface area contributed by atoms with Crippen molar-refractivity contribution in [3.05, 3.63) is 35.7 Å². The molecule has 1 N–H and O–H groups in total. The summed E-state index contributed by atoms with van der Waals surface area (Å²) in [7, 11) is 0. The van der Waals surface area contributed by atoms with E-state index in [4.69, 9.17) is 5.11 Å². The van der Waals surface area contributed by atoms with E-state index in [9.17, 15) is 9.18 Å². The molecule has 100 valence electrons. The smallest absolute Gasteiger partial charge is 0.328 e. The van der Waals surface area contributed by atoms with Gasteiger partial charge in [0.25, 0.3) is 0 Å². The van der Waals surface area contributed by atoms with Crippen LogP contribution in [-0.2, 0) is 4.79 Å². The van der Waals surface area contributed by atoms with E-state index in [-0.39, 0.29) is 5.82 Å². The molecule has 2 aliphatic rings. The Balaban J connectivity index is 1.97. The second-order valence-corrected chi connectivity index (χ2v) is 5.33. The molecule has 1 aromatic carbocycles. The molecule has 1 saturated heterocycles. The number of hydrogen-bond acceptors (Lipinski definition) is 2. The van der Waals surface area contributed by atoms with Gasteiger partial charge in [-0.15, -0.1) is 0 Å². The maximum Gasteiger partial charge on any atom is 0.328 e. The Kier molecular flexibility index (Phi) is 3.01. The molecule has 1 aromatic rings. The summed E-state index contributed by atoms with van der Waals surface area (Å²) in [4.78, 5) is 12.9. The van der Waals surface area contributed by atoms with Gasteiger partial charge < -0.3 is 10.0 Å². The molecule has 2 bridgehead atoms. The highest BCUT2D eigenvalue weighted by atomic mass is 19.1. The molecular weight excluding hydrogens is 245 g/mol. The summed E-state index contributed by atoms with van der Waals surface area (Å²) < 4.78 is 13.9. The van der Waals surface area contributed by atoms with Gasteiger partial charge in [-0.2, -0.15) is 0 Å². The van der Waals surface area contributed by atoms with Gasteiger partial charge >= 0.3 is 5.97 Å². The van der Waals surface area contributed by atoms with Crippen molar-refractivity contribution in [3.63, 3.8) is 0 Å². The average Bonchev–Trinajstić information content (AvgIpc) is 2.99. The number of carbonyl (C=O) groups is 1. The molecule has 19 heavy (non-hydrogen) atoms. The van der Waals surface area contributed by atoms with Crippen LogP contribution in [0.2, 0.25) is 0 Å². The second-order valence-electron chi connectivity index (χ2n) is 5.33. The van der Waals surface area contributed by atoms with Crippen molar-refractivity contribution < 1.29 is 14.3 Å². The van der Waals surface area contributed by atoms with Gasteiger partial charge in [0.05, 0.1) is 0 Å². The molecule has 0 aromatic heterocycles. The maximum absolute atomic E-state index is 13.9. The number of aliphatic carboxylic acids is 1. The Bertz CT molecular complexity index is 541. The van der Waals surface area contributed by atoms with Gasteiger partial charge in [-0.1, -0.05) is 6.07 Å². The zero-order valence-corrected chi connectivity index (χ0v) is 10.6. The predicted molar refractivity (Wildman–Crippen MR) is 71.5 cm³/mol. The second kappa shape index (κ2) is 4.68. The summed E-state index contributed by atoms with van der Waals surface area (Å²) in [5, 5.41) is 8.70. The van der Waals surface area contributed by atoms with Gasteiger partial charge in [0.15, 0.2) is 0 Å². The molecular formula is C15H16FNO2. The zero-order chi connectivity index (χ0) is 13.4. The largest absolute Gasteiger partial charge is 0.478 e. The Morgan fingerprint density at radius 3 is 2.89 bits per heavy atom. The fourth-order valence-electron chi connectivity index (χ4n) is 3.32. The van der Waals surface area contributed by atoms with Crippen molar-refractivity contribution in [2.45, 2.75) is 25.3 Å². The minimum atomic E-state index is -1.06. The molecule has 2 fully saturated rings. The first-order chi connectivity index (χ1) is 9.15. The molecule has 0 amide bonds. The zero-order valence-electron chi connectivity index (χ0n) is 10.6. The number of halogens is 1. The topological polar surface area (TPSA) is 40.5 Å². The Hall–Kier alpha value is -1.84. The van der Waals surface area contributed by atoms with Crippen molar-refractivity contribution in [2.24, 2.45) is 5.92 Å². The van der Waals surface area contributed by atoms with Gasteiger partial charge in [-0.25, -0.2) is 9.18 Å². The lowest BCUT2D eigenvalue weighted by Crippen LogP contribution is -2.32. The van der Waals surface area contributed by atoms with Crippen LogP contribution in [0.3, 0.4) is 0 Å². The normalized spacial score (nSPS) is 25.4. The highest BCUT2D eigenvalue weighted by Gasteiger charge is 2.38. The van der Waals surface area contributed by atoms with E-state index in [2.05, 4.69) is 4.90 Å². The van der Waals surface area contributed by atoms with Crippen LogP contribution >= 0.6 is 0 Å². The lowest BCUT2D eigenvalue weighted by molar-refractivity contribution is -0.131. The molecule has 2 atom stereocenters. The molecule has 1 aliphatic carbocycles. The molecule has 1 aliphatic heterocycles. The number of carboxylic acid groups (broad SMARTS) is 1. The number of anilines is 1. The SMILES string of the molecule is O=C(O)/C=C/c1c(F)cccc1N1CC2CCC1C2. The van der Waals surface area contributed by atoms with E-state index >= 15 is 0 Å². The van der Waals surface area contributed by atoms with Crippen LogP contribution in [0.4, 0.5) is 10.1 Å². The highest BCUT2D eigenvalue weighted by Crippen LogP contribution is 2.41. The lowest BCUT2D eigenvalue weighted by Gasteiger charge is -2.30. The molecule has 1 heterocycles. The summed E-state index contributed by atoms with van der Waals surface area (Å²) in [6.45, 7) is 0.960. The van der Waals surface area contributed by atoms with Crippen LogP contribution < -0.4 is 4.90 Å². The molecule has 4 heteroatoms. The number of fused-ring (bicyclic) bond motifs is 2. The third-order valence-corrected chi connectivity index (χ3v) is 4.14. The number of nitrogens with zero attached hydrogens (tertiary/aromatic N) is 1. The highest BCUT2D eigenvalue weighted by molar-refractivity contribution is 5.87. The quantitative estimate of drug-likeness (QED) is 0.850. The van der Waals surface area contributed by atoms with E-state index in [0.29, 0.717) is 17.5 Å². The average molecular weight is 261 g/mol. The van der Waals surface area contributed by atoms with Crippen LogP contribution in [0.15, 0.2) is 24.3 Å². The number of carboxylic acids is 1. The molecule has 2 unspecified atom stereocenters. The van der Waals surface area contributed by atoms with E-state index in [1.165, 1.54) is 25.0 Å². The lowest BCUT2D eigenvalue weighted by atomic mass is 10.1. The summed E-state index contributed by atoms with van der Waals surface area (Å²) in [6.07, 6.45) is 5.95.